The number of halogens is 1. The third kappa shape index (κ3) is 3.49. The molecule has 0 aliphatic heterocycles. The normalized spacial score (nSPS) is 20.4. The maximum atomic E-state index is 3.75. The second kappa shape index (κ2) is 5.64. The first kappa shape index (κ1) is 13.9. The van der Waals surface area contributed by atoms with E-state index in [2.05, 4.69) is 47.4 Å². The highest BCUT2D eigenvalue weighted by Gasteiger charge is 2.24. The van der Waals surface area contributed by atoms with Gasteiger partial charge in [-0.15, -0.1) is 11.3 Å². The fourth-order valence-electron chi connectivity index (χ4n) is 2.17. The second-order valence-electron chi connectivity index (χ2n) is 5.22. The summed E-state index contributed by atoms with van der Waals surface area (Å²) >= 11 is 7.45. The van der Waals surface area contributed by atoms with Crippen LogP contribution in [-0.4, -0.2) is 17.5 Å². The van der Waals surface area contributed by atoms with E-state index in [1.165, 1.54) is 28.6 Å². The zero-order chi connectivity index (χ0) is 12.5. The maximum absolute atomic E-state index is 3.75. The monoisotopic (exact) mass is 333 g/mol. The Kier molecular flexibility index (Phi) is 4.61. The van der Waals surface area contributed by atoms with Gasteiger partial charge in [-0.2, -0.15) is 11.8 Å². The van der Waals surface area contributed by atoms with Crippen molar-refractivity contribution in [2.45, 2.75) is 43.9 Å². The van der Waals surface area contributed by atoms with Crippen molar-refractivity contribution < 1.29 is 0 Å². The highest BCUT2D eigenvalue weighted by Crippen LogP contribution is 2.38. The predicted octanol–water partition coefficient (Wildman–Crippen LogP) is 4.62. The Labute approximate surface area is 121 Å². The summed E-state index contributed by atoms with van der Waals surface area (Å²) < 4.78 is 1.60. The minimum atomic E-state index is 0.324. The minimum Gasteiger partial charge on any atom is -0.309 e. The lowest BCUT2D eigenvalue weighted by Crippen LogP contribution is -2.35. The molecule has 1 atom stereocenters. The Hall–Kier alpha value is 0.490. The fraction of sp³-hybridized carbons (Fsp3) is 0.692. The molecule has 0 amide bonds. The van der Waals surface area contributed by atoms with E-state index >= 15 is 0 Å². The van der Waals surface area contributed by atoms with Crippen molar-refractivity contribution >= 4 is 39.0 Å². The van der Waals surface area contributed by atoms with Crippen molar-refractivity contribution in [2.24, 2.45) is 0 Å². The number of thioether (sulfide) groups is 1. The van der Waals surface area contributed by atoms with Gasteiger partial charge in [0.05, 0.1) is 3.79 Å². The molecule has 1 aromatic rings. The van der Waals surface area contributed by atoms with Crippen molar-refractivity contribution in [1.82, 2.24) is 5.32 Å². The zero-order valence-electron chi connectivity index (χ0n) is 10.7. The van der Waals surface area contributed by atoms with Gasteiger partial charge in [0.25, 0.3) is 0 Å². The summed E-state index contributed by atoms with van der Waals surface area (Å²) in [5.74, 6) is 0. The summed E-state index contributed by atoms with van der Waals surface area (Å²) in [5.41, 5.74) is 1.53. The van der Waals surface area contributed by atoms with Crippen LogP contribution in [0.4, 0.5) is 0 Å². The van der Waals surface area contributed by atoms with E-state index in [0.717, 1.165) is 6.54 Å². The molecular formula is C13H20BrNS2. The Morgan fingerprint density at radius 1 is 1.59 bits per heavy atom. The summed E-state index contributed by atoms with van der Waals surface area (Å²) in [5, 5.41) is 3.75. The minimum absolute atomic E-state index is 0.324. The number of rotatable bonds is 4. The van der Waals surface area contributed by atoms with Gasteiger partial charge < -0.3 is 5.32 Å². The average Bonchev–Trinajstić information content (AvgIpc) is 2.67. The van der Waals surface area contributed by atoms with Crippen molar-refractivity contribution in [3.63, 3.8) is 0 Å². The van der Waals surface area contributed by atoms with Crippen LogP contribution in [0.1, 0.15) is 43.2 Å². The third-order valence-electron chi connectivity index (χ3n) is 3.41. The second-order valence-corrected chi connectivity index (χ2v) is 9.25. The summed E-state index contributed by atoms with van der Waals surface area (Å²) in [7, 11) is 0. The van der Waals surface area contributed by atoms with Gasteiger partial charge in [-0.1, -0.05) is 0 Å². The van der Waals surface area contributed by atoms with Crippen molar-refractivity contribution in [3.8, 4) is 0 Å². The van der Waals surface area contributed by atoms with Crippen LogP contribution in [0.5, 0.6) is 0 Å². The summed E-state index contributed by atoms with van der Waals surface area (Å²) in [6.45, 7) is 5.68. The smallest absolute Gasteiger partial charge is 0.0704 e. The van der Waals surface area contributed by atoms with E-state index in [-0.39, 0.29) is 0 Å². The summed E-state index contributed by atoms with van der Waals surface area (Å²) in [6.07, 6.45) is 6.04. The molecule has 1 aromatic heterocycles. The lowest BCUT2D eigenvalue weighted by atomic mass is 9.94. The van der Waals surface area contributed by atoms with Crippen molar-refractivity contribution in [3.05, 3.63) is 20.3 Å². The quantitative estimate of drug-likeness (QED) is 0.862. The fourth-order valence-corrected chi connectivity index (χ4v) is 4.22. The van der Waals surface area contributed by atoms with E-state index in [1.807, 2.05) is 23.1 Å². The molecule has 1 aliphatic carbocycles. The number of hydrogen-bond acceptors (Lipinski definition) is 3. The Morgan fingerprint density at radius 3 is 3.06 bits per heavy atom. The van der Waals surface area contributed by atoms with Crippen molar-refractivity contribution in [1.29, 1.82) is 0 Å². The molecule has 0 bridgehead atoms. The van der Waals surface area contributed by atoms with E-state index in [0.29, 0.717) is 10.8 Å². The van der Waals surface area contributed by atoms with Crippen molar-refractivity contribution in [2.75, 3.05) is 12.8 Å². The first-order valence-electron chi connectivity index (χ1n) is 6.08. The van der Waals surface area contributed by atoms with E-state index in [4.69, 9.17) is 0 Å². The van der Waals surface area contributed by atoms with Gasteiger partial charge in [0, 0.05) is 22.2 Å². The zero-order valence-corrected chi connectivity index (χ0v) is 13.9. The molecule has 1 N–H and O–H groups in total. The molecule has 17 heavy (non-hydrogen) atoms. The molecule has 1 heterocycles. The molecule has 4 heteroatoms. The molecule has 96 valence electrons. The van der Waals surface area contributed by atoms with Gasteiger partial charge in [-0.25, -0.2) is 0 Å². The van der Waals surface area contributed by atoms with Crippen LogP contribution in [-0.2, 0) is 6.42 Å². The van der Waals surface area contributed by atoms with E-state index in [1.54, 1.807) is 4.88 Å². The number of aryl methyl sites for hydroxylation is 1. The average molecular weight is 334 g/mol. The highest BCUT2D eigenvalue weighted by atomic mass is 79.9. The van der Waals surface area contributed by atoms with E-state index < -0.39 is 0 Å². The summed E-state index contributed by atoms with van der Waals surface area (Å²) in [4.78, 5) is 1.57. The highest BCUT2D eigenvalue weighted by molar-refractivity contribution is 9.11. The van der Waals surface area contributed by atoms with Crippen LogP contribution in [0.15, 0.2) is 9.85 Å². The predicted molar refractivity (Wildman–Crippen MR) is 83.3 cm³/mol. The Bertz CT molecular complexity index is 387. The van der Waals surface area contributed by atoms with Gasteiger partial charge >= 0.3 is 0 Å². The molecule has 1 unspecified atom stereocenters. The molecule has 0 saturated carbocycles. The molecule has 0 radical (unpaired) electrons. The molecule has 2 rings (SSSR count). The van der Waals surface area contributed by atoms with Crippen LogP contribution in [0.3, 0.4) is 0 Å². The van der Waals surface area contributed by atoms with Crippen LogP contribution in [0.2, 0.25) is 0 Å². The van der Waals surface area contributed by atoms with E-state index in [9.17, 15) is 0 Å². The lowest BCUT2D eigenvalue weighted by Gasteiger charge is -2.29. The Morgan fingerprint density at radius 2 is 2.35 bits per heavy atom. The molecular weight excluding hydrogens is 314 g/mol. The molecule has 0 aromatic carbocycles. The van der Waals surface area contributed by atoms with Gasteiger partial charge in [-0.3, -0.25) is 0 Å². The van der Waals surface area contributed by atoms with Gasteiger partial charge in [0.15, 0.2) is 0 Å². The van der Waals surface area contributed by atoms with Crippen LogP contribution >= 0.6 is 39.0 Å². The SMILES string of the molecule is CSC(C)(C)CNC1CCCc2sc(Br)cc21. The third-order valence-corrected chi connectivity index (χ3v) is 6.37. The summed E-state index contributed by atoms with van der Waals surface area (Å²) in [6, 6.07) is 2.87. The molecule has 1 aliphatic rings. The molecule has 1 nitrogen and oxygen atoms in total. The molecule has 0 spiro atoms. The maximum Gasteiger partial charge on any atom is 0.0704 e. The number of thiophene rings is 1. The standard InChI is InChI=1S/C13H20BrNS2/c1-13(2,16-3)8-15-10-5-4-6-11-9(10)7-12(14)17-11/h7,10,15H,4-6,8H2,1-3H3. The molecule has 0 fully saturated rings. The van der Waals surface area contributed by atoms with Crippen LogP contribution < -0.4 is 5.32 Å². The van der Waals surface area contributed by atoms with Gasteiger partial charge in [0.2, 0.25) is 0 Å². The number of nitrogens with one attached hydrogen (secondary N) is 1. The van der Waals surface area contributed by atoms with Gasteiger partial charge in [0.1, 0.15) is 0 Å². The number of fused-ring (bicyclic) bond motifs is 1. The largest absolute Gasteiger partial charge is 0.309 e. The van der Waals surface area contributed by atoms with Crippen LogP contribution in [0.25, 0.3) is 0 Å². The topological polar surface area (TPSA) is 12.0 Å². The number of hydrogen-bond donors (Lipinski definition) is 1. The first-order chi connectivity index (χ1) is 8.02. The first-order valence-corrected chi connectivity index (χ1v) is 8.92. The lowest BCUT2D eigenvalue weighted by molar-refractivity contribution is 0.443. The van der Waals surface area contributed by atoms with Crippen LogP contribution in [0, 0.1) is 0 Å². The Balaban J connectivity index is 2.03. The van der Waals surface area contributed by atoms with Gasteiger partial charge in [-0.05, 0) is 66.9 Å². The molecule has 0 saturated heterocycles.